The van der Waals surface area contributed by atoms with Gasteiger partial charge in [-0.25, -0.2) is 0 Å². The van der Waals surface area contributed by atoms with Crippen LogP contribution in [0.25, 0.3) is 0 Å². The van der Waals surface area contributed by atoms with Gasteiger partial charge >= 0.3 is 5.69 Å². The second-order valence-corrected chi connectivity index (χ2v) is 4.25. The first-order valence-corrected chi connectivity index (χ1v) is 6.40. The summed E-state index contributed by atoms with van der Waals surface area (Å²) < 4.78 is 4.88. The van der Waals surface area contributed by atoms with Crippen LogP contribution in [0.2, 0.25) is 0 Å². The molecule has 0 fully saturated rings. The number of amides is 1. The molecule has 0 N–H and O–H groups in total. The average Bonchev–Trinajstić information content (AvgIpc) is 2.53. The number of carbonyl (C=O) groups excluding carboxylic acids is 1. The van der Waals surface area contributed by atoms with Crippen molar-refractivity contribution in [3.8, 4) is 17.9 Å². The van der Waals surface area contributed by atoms with E-state index in [4.69, 9.17) is 15.3 Å². The number of hydrogen-bond acceptors (Lipinski definition) is 6. The Hall–Kier alpha value is -3.13. The number of hydrogen-bond donors (Lipinski definition) is 0. The highest BCUT2D eigenvalue weighted by atomic mass is 16.6. The molecule has 0 spiro atoms. The van der Waals surface area contributed by atoms with Crippen molar-refractivity contribution in [1.29, 1.82) is 10.5 Å². The summed E-state index contributed by atoms with van der Waals surface area (Å²) in [6.07, 6.45) is 0.241. The second kappa shape index (κ2) is 8.22. The molecular weight excluding hydrogens is 288 g/mol. The van der Waals surface area contributed by atoms with Crippen molar-refractivity contribution < 1.29 is 14.5 Å². The van der Waals surface area contributed by atoms with Crippen LogP contribution in [0.5, 0.6) is 5.75 Å². The van der Waals surface area contributed by atoms with Crippen LogP contribution in [-0.2, 0) is 0 Å². The molecule has 1 aromatic carbocycles. The first-order valence-electron chi connectivity index (χ1n) is 6.40. The standard InChI is InChI=1S/C14H14N4O4/c1-22-13-5-4-11(10-12(13)18(20)21)14(19)17(8-2-6-15)9-3-7-16/h4-5,10H,2-3,8-9H2,1H3. The number of nitrogens with zero attached hydrogens (tertiary/aromatic N) is 4. The third-order valence-corrected chi connectivity index (χ3v) is 2.90. The highest BCUT2D eigenvalue weighted by molar-refractivity contribution is 5.95. The quantitative estimate of drug-likeness (QED) is 0.560. The van der Waals surface area contributed by atoms with Crippen molar-refractivity contribution in [3.05, 3.63) is 33.9 Å². The topological polar surface area (TPSA) is 120 Å². The summed E-state index contributed by atoms with van der Waals surface area (Å²) in [5, 5.41) is 28.2. The number of carbonyl (C=O) groups is 1. The Morgan fingerprint density at radius 1 is 1.32 bits per heavy atom. The van der Waals surface area contributed by atoms with E-state index in [1.165, 1.54) is 24.1 Å². The van der Waals surface area contributed by atoms with Gasteiger partial charge < -0.3 is 9.64 Å². The van der Waals surface area contributed by atoms with E-state index in [0.717, 1.165) is 6.07 Å². The van der Waals surface area contributed by atoms with Gasteiger partial charge in [0.05, 0.1) is 37.0 Å². The fourth-order valence-corrected chi connectivity index (χ4v) is 1.83. The zero-order chi connectivity index (χ0) is 16.5. The van der Waals surface area contributed by atoms with Gasteiger partial charge in [-0.3, -0.25) is 14.9 Å². The number of nitriles is 2. The zero-order valence-electron chi connectivity index (χ0n) is 12.0. The molecule has 0 heterocycles. The van der Waals surface area contributed by atoms with Gasteiger partial charge in [-0.15, -0.1) is 0 Å². The minimum absolute atomic E-state index is 0.0575. The smallest absolute Gasteiger partial charge is 0.311 e. The molecule has 0 aliphatic heterocycles. The number of nitro benzene ring substituents is 1. The lowest BCUT2D eigenvalue weighted by molar-refractivity contribution is -0.385. The maximum Gasteiger partial charge on any atom is 0.311 e. The molecule has 0 radical (unpaired) electrons. The summed E-state index contributed by atoms with van der Waals surface area (Å²) in [5.74, 6) is -0.404. The van der Waals surface area contributed by atoms with Crippen LogP contribution in [0.1, 0.15) is 23.2 Å². The summed E-state index contributed by atoms with van der Waals surface area (Å²) in [6.45, 7) is 0.327. The van der Waals surface area contributed by atoms with Crippen LogP contribution in [-0.4, -0.2) is 35.9 Å². The number of nitro groups is 1. The van der Waals surface area contributed by atoms with E-state index in [1.54, 1.807) is 0 Å². The summed E-state index contributed by atoms with van der Waals surface area (Å²) in [4.78, 5) is 24.1. The second-order valence-electron chi connectivity index (χ2n) is 4.25. The molecule has 0 atom stereocenters. The first kappa shape index (κ1) is 16.9. The van der Waals surface area contributed by atoms with Crippen LogP contribution < -0.4 is 4.74 Å². The van der Waals surface area contributed by atoms with Crippen molar-refractivity contribution in [2.24, 2.45) is 0 Å². The number of rotatable bonds is 7. The Morgan fingerprint density at radius 2 is 1.91 bits per heavy atom. The van der Waals surface area contributed by atoms with E-state index in [2.05, 4.69) is 0 Å². The van der Waals surface area contributed by atoms with Crippen molar-refractivity contribution in [2.75, 3.05) is 20.2 Å². The molecule has 0 aliphatic rings. The molecular formula is C14H14N4O4. The van der Waals surface area contributed by atoms with Gasteiger partial charge in [-0.1, -0.05) is 0 Å². The highest BCUT2D eigenvalue weighted by Crippen LogP contribution is 2.28. The molecule has 0 aromatic heterocycles. The highest BCUT2D eigenvalue weighted by Gasteiger charge is 2.21. The van der Waals surface area contributed by atoms with Crippen molar-refractivity contribution in [3.63, 3.8) is 0 Å². The Balaban J connectivity index is 3.08. The normalized spacial score (nSPS) is 9.41. The van der Waals surface area contributed by atoms with Gasteiger partial charge in [0.2, 0.25) is 0 Å². The first-order chi connectivity index (χ1) is 10.5. The predicted molar refractivity (Wildman–Crippen MR) is 76.0 cm³/mol. The molecule has 114 valence electrons. The zero-order valence-corrected chi connectivity index (χ0v) is 12.0. The lowest BCUT2D eigenvalue weighted by atomic mass is 10.1. The van der Waals surface area contributed by atoms with E-state index in [-0.39, 0.29) is 42.9 Å². The minimum atomic E-state index is -0.634. The lowest BCUT2D eigenvalue weighted by Gasteiger charge is -2.20. The molecule has 0 aliphatic carbocycles. The minimum Gasteiger partial charge on any atom is -0.490 e. The summed E-state index contributed by atoms with van der Waals surface area (Å²) in [6, 6.07) is 7.74. The third-order valence-electron chi connectivity index (χ3n) is 2.90. The van der Waals surface area contributed by atoms with Crippen molar-refractivity contribution >= 4 is 11.6 Å². The monoisotopic (exact) mass is 302 g/mol. The van der Waals surface area contributed by atoms with Crippen LogP contribution >= 0.6 is 0 Å². The van der Waals surface area contributed by atoms with Crippen molar-refractivity contribution in [1.82, 2.24) is 4.90 Å². The molecule has 22 heavy (non-hydrogen) atoms. The lowest BCUT2D eigenvalue weighted by Crippen LogP contribution is -2.32. The SMILES string of the molecule is COc1ccc(C(=O)N(CCC#N)CCC#N)cc1[N+](=O)[O-]. The molecule has 0 bridgehead atoms. The molecule has 0 saturated carbocycles. The maximum atomic E-state index is 12.4. The molecule has 0 saturated heterocycles. The van der Waals surface area contributed by atoms with Crippen LogP contribution in [0.15, 0.2) is 18.2 Å². The molecule has 1 aromatic rings. The van der Waals surface area contributed by atoms with Gasteiger partial charge in [0.15, 0.2) is 5.75 Å². The van der Waals surface area contributed by atoms with Gasteiger partial charge in [-0.2, -0.15) is 10.5 Å². The number of methoxy groups -OCH3 is 1. The largest absolute Gasteiger partial charge is 0.490 e. The average molecular weight is 302 g/mol. The van der Waals surface area contributed by atoms with Crippen LogP contribution in [0, 0.1) is 32.8 Å². The summed E-state index contributed by atoms with van der Waals surface area (Å²) in [7, 11) is 1.30. The third kappa shape index (κ3) is 4.18. The van der Waals surface area contributed by atoms with E-state index < -0.39 is 10.8 Å². The van der Waals surface area contributed by atoms with Crippen molar-refractivity contribution in [2.45, 2.75) is 12.8 Å². The fraction of sp³-hybridized carbons (Fsp3) is 0.357. The van der Waals surface area contributed by atoms with E-state index in [0.29, 0.717) is 0 Å². The van der Waals surface area contributed by atoms with E-state index in [9.17, 15) is 14.9 Å². The van der Waals surface area contributed by atoms with Gasteiger partial charge in [0, 0.05) is 24.7 Å². The Labute approximate surface area is 127 Å². The molecule has 1 rings (SSSR count). The number of benzene rings is 1. The van der Waals surface area contributed by atoms with Crippen LogP contribution in [0.4, 0.5) is 5.69 Å². The number of ether oxygens (including phenoxy) is 1. The Bertz CT molecular complexity index is 627. The summed E-state index contributed by atoms with van der Waals surface area (Å²) in [5.41, 5.74) is -0.197. The summed E-state index contributed by atoms with van der Waals surface area (Å²) >= 11 is 0. The Kier molecular flexibility index (Phi) is 6.32. The van der Waals surface area contributed by atoms with E-state index in [1.807, 2.05) is 12.1 Å². The van der Waals surface area contributed by atoms with Crippen LogP contribution in [0.3, 0.4) is 0 Å². The molecule has 1 amide bonds. The van der Waals surface area contributed by atoms with Gasteiger partial charge in [0.1, 0.15) is 0 Å². The molecule has 8 heteroatoms. The van der Waals surface area contributed by atoms with Gasteiger partial charge in [0.25, 0.3) is 5.91 Å². The maximum absolute atomic E-state index is 12.4. The Morgan fingerprint density at radius 3 is 2.36 bits per heavy atom. The predicted octanol–water partition coefficient (Wildman–Crippen LogP) is 1.87. The molecule has 0 unspecified atom stereocenters. The van der Waals surface area contributed by atoms with Gasteiger partial charge in [-0.05, 0) is 12.1 Å². The van der Waals surface area contributed by atoms with E-state index >= 15 is 0 Å². The fourth-order valence-electron chi connectivity index (χ4n) is 1.83. The molecule has 8 nitrogen and oxygen atoms in total.